The minimum atomic E-state index is -0.609. The molecule has 6 heteroatoms. The van der Waals surface area contributed by atoms with Gasteiger partial charge in [0.15, 0.2) is 11.6 Å². The lowest BCUT2D eigenvalue weighted by Crippen LogP contribution is -2.13. The maximum Gasteiger partial charge on any atom is 0.255 e. The number of carbonyl (C=O) groups is 2. The van der Waals surface area contributed by atoms with Crippen LogP contribution in [0, 0.1) is 5.82 Å². The maximum atomic E-state index is 13.6. The number of methoxy groups -OCH3 is 1. The van der Waals surface area contributed by atoms with Crippen LogP contribution >= 0.6 is 0 Å². The molecule has 2 aromatic rings. The molecule has 0 heterocycles. The van der Waals surface area contributed by atoms with Crippen molar-refractivity contribution in [2.24, 2.45) is 0 Å². The molecule has 0 aliphatic heterocycles. The Labute approximate surface area is 127 Å². The van der Waals surface area contributed by atoms with E-state index < -0.39 is 11.7 Å². The Hall–Kier alpha value is -2.89. The van der Waals surface area contributed by atoms with Gasteiger partial charge in [-0.15, -0.1) is 0 Å². The van der Waals surface area contributed by atoms with E-state index in [-0.39, 0.29) is 17.2 Å². The number of hydrogen-bond acceptors (Lipinski definition) is 3. The number of benzene rings is 2. The molecule has 0 bridgehead atoms. The Bertz CT molecular complexity index is 716. The van der Waals surface area contributed by atoms with E-state index in [1.807, 2.05) is 0 Å². The lowest BCUT2D eigenvalue weighted by molar-refractivity contribution is -0.114. The van der Waals surface area contributed by atoms with Gasteiger partial charge in [-0.25, -0.2) is 4.39 Å². The molecule has 0 saturated heterocycles. The summed E-state index contributed by atoms with van der Waals surface area (Å²) >= 11 is 0. The summed E-state index contributed by atoms with van der Waals surface area (Å²) in [6.45, 7) is 1.39. The van der Waals surface area contributed by atoms with E-state index in [0.29, 0.717) is 11.4 Å². The third kappa shape index (κ3) is 3.82. The predicted molar refractivity (Wildman–Crippen MR) is 81.7 cm³/mol. The van der Waals surface area contributed by atoms with Crippen molar-refractivity contribution in [2.45, 2.75) is 6.92 Å². The van der Waals surface area contributed by atoms with Crippen LogP contribution in [0.1, 0.15) is 17.3 Å². The SMILES string of the molecule is COc1ccc(C(=O)Nc2cccc(NC(C)=O)c2)cc1F. The van der Waals surface area contributed by atoms with Crippen molar-refractivity contribution in [1.82, 2.24) is 0 Å². The average Bonchev–Trinajstić information content (AvgIpc) is 2.46. The Kier molecular flexibility index (Phi) is 4.73. The predicted octanol–water partition coefficient (Wildman–Crippen LogP) is 3.05. The van der Waals surface area contributed by atoms with Gasteiger partial charge in [-0.3, -0.25) is 9.59 Å². The van der Waals surface area contributed by atoms with Crippen molar-refractivity contribution in [3.8, 4) is 5.75 Å². The van der Waals surface area contributed by atoms with Gasteiger partial charge in [-0.2, -0.15) is 0 Å². The standard InChI is InChI=1S/C16H15FN2O3/c1-10(20)18-12-4-3-5-13(9-12)19-16(21)11-6-7-15(22-2)14(17)8-11/h3-9H,1-2H3,(H,18,20)(H,19,21). The number of rotatable bonds is 4. The summed E-state index contributed by atoms with van der Waals surface area (Å²) < 4.78 is 18.4. The normalized spacial score (nSPS) is 9.95. The zero-order chi connectivity index (χ0) is 16.1. The number of amides is 2. The van der Waals surface area contributed by atoms with Crippen LogP contribution in [0.15, 0.2) is 42.5 Å². The number of nitrogens with one attached hydrogen (secondary N) is 2. The molecule has 0 atom stereocenters. The smallest absolute Gasteiger partial charge is 0.255 e. The fourth-order valence-corrected chi connectivity index (χ4v) is 1.89. The first-order valence-electron chi connectivity index (χ1n) is 6.52. The highest BCUT2D eigenvalue weighted by molar-refractivity contribution is 6.04. The second-order valence-electron chi connectivity index (χ2n) is 4.57. The second kappa shape index (κ2) is 6.71. The molecule has 22 heavy (non-hydrogen) atoms. The van der Waals surface area contributed by atoms with Gasteiger partial charge in [0, 0.05) is 23.9 Å². The van der Waals surface area contributed by atoms with E-state index in [1.165, 1.54) is 26.2 Å². The second-order valence-corrected chi connectivity index (χ2v) is 4.57. The monoisotopic (exact) mass is 302 g/mol. The Balaban J connectivity index is 2.15. The van der Waals surface area contributed by atoms with E-state index >= 15 is 0 Å². The van der Waals surface area contributed by atoms with E-state index in [1.54, 1.807) is 24.3 Å². The molecule has 5 nitrogen and oxygen atoms in total. The van der Waals surface area contributed by atoms with Crippen molar-refractivity contribution in [3.05, 3.63) is 53.8 Å². The molecule has 2 rings (SSSR count). The topological polar surface area (TPSA) is 67.4 Å². The molecule has 2 amide bonds. The number of anilines is 2. The lowest BCUT2D eigenvalue weighted by atomic mass is 10.2. The maximum absolute atomic E-state index is 13.6. The highest BCUT2D eigenvalue weighted by Crippen LogP contribution is 2.20. The molecule has 2 aromatic carbocycles. The molecule has 114 valence electrons. The van der Waals surface area contributed by atoms with Gasteiger partial charge < -0.3 is 15.4 Å². The minimum Gasteiger partial charge on any atom is -0.494 e. The van der Waals surface area contributed by atoms with Crippen LogP contribution in [-0.2, 0) is 4.79 Å². The summed E-state index contributed by atoms with van der Waals surface area (Å²) in [6.07, 6.45) is 0. The third-order valence-corrected chi connectivity index (χ3v) is 2.85. The van der Waals surface area contributed by atoms with E-state index in [4.69, 9.17) is 4.74 Å². The number of ether oxygens (including phenoxy) is 1. The van der Waals surface area contributed by atoms with Gasteiger partial charge in [0.2, 0.25) is 5.91 Å². The van der Waals surface area contributed by atoms with Crippen LogP contribution < -0.4 is 15.4 Å². The first kappa shape index (κ1) is 15.5. The number of halogens is 1. The summed E-state index contributed by atoms with van der Waals surface area (Å²) in [7, 11) is 1.35. The number of hydrogen-bond donors (Lipinski definition) is 2. The third-order valence-electron chi connectivity index (χ3n) is 2.85. The fraction of sp³-hybridized carbons (Fsp3) is 0.125. The van der Waals surface area contributed by atoms with E-state index in [9.17, 15) is 14.0 Å². The highest BCUT2D eigenvalue weighted by Gasteiger charge is 2.10. The van der Waals surface area contributed by atoms with Gasteiger partial charge in [0.05, 0.1) is 7.11 Å². The van der Waals surface area contributed by atoms with Gasteiger partial charge in [0.1, 0.15) is 0 Å². The Morgan fingerprint density at radius 3 is 2.32 bits per heavy atom. The summed E-state index contributed by atoms with van der Waals surface area (Å²) in [5, 5.41) is 5.25. The molecule has 0 spiro atoms. The van der Waals surface area contributed by atoms with Crippen LogP contribution in [0.4, 0.5) is 15.8 Å². The molecule has 0 radical (unpaired) electrons. The van der Waals surface area contributed by atoms with Crippen LogP contribution in [-0.4, -0.2) is 18.9 Å². The van der Waals surface area contributed by atoms with Crippen molar-refractivity contribution in [3.63, 3.8) is 0 Å². The first-order chi connectivity index (χ1) is 10.5. The molecule has 0 fully saturated rings. The minimum absolute atomic E-state index is 0.0733. The van der Waals surface area contributed by atoms with Crippen molar-refractivity contribution >= 4 is 23.2 Å². The summed E-state index contributed by atoms with van der Waals surface area (Å²) in [5.41, 5.74) is 1.22. The Morgan fingerprint density at radius 2 is 1.73 bits per heavy atom. The van der Waals surface area contributed by atoms with E-state index in [0.717, 1.165) is 6.07 Å². The van der Waals surface area contributed by atoms with Crippen molar-refractivity contribution in [2.75, 3.05) is 17.7 Å². The Morgan fingerprint density at radius 1 is 1.05 bits per heavy atom. The first-order valence-corrected chi connectivity index (χ1v) is 6.52. The molecule has 0 aliphatic carbocycles. The van der Waals surface area contributed by atoms with Crippen LogP contribution in [0.3, 0.4) is 0 Å². The van der Waals surface area contributed by atoms with Gasteiger partial charge in [-0.05, 0) is 36.4 Å². The van der Waals surface area contributed by atoms with Crippen molar-refractivity contribution in [1.29, 1.82) is 0 Å². The number of carbonyl (C=O) groups excluding carboxylic acids is 2. The molecule has 0 unspecified atom stereocenters. The fourth-order valence-electron chi connectivity index (χ4n) is 1.89. The molecule has 2 N–H and O–H groups in total. The summed E-state index contributed by atoms with van der Waals surface area (Å²) in [4.78, 5) is 23.1. The van der Waals surface area contributed by atoms with Crippen LogP contribution in [0.25, 0.3) is 0 Å². The van der Waals surface area contributed by atoms with Crippen LogP contribution in [0.5, 0.6) is 5.75 Å². The van der Waals surface area contributed by atoms with Gasteiger partial charge in [-0.1, -0.05) is 6.07 Å². The molecule has 0 aliphatic rings. The molecule has 0 aromatic heterocycles. The van der Waals surface area contributed by atoms with E-state index in [2.05, 4.69) is 10.6 Å². The van der Waals surface area contributed by atoms with Gasteiger partial charge >= 0.3 is 0 Å². The largest absolute Gasteiger partial charge is 0.494 e. The lowest BCUT2D eigenvalue weighted by Gasteiger charge is -2.09. The van der Waals surface area contributed by atoms with Crippen molar-refractivity contribution < 1.29 is 18.7 Å². The summed E-state index contributed by atoms with van der Waals surface area (Å²) in [6, 6.07) is 10.6. The molecule has 0 saturated carbocycles. The summed E-state index contributed by atoms with van der Waals surface area (Å²) in [5.74, 6) is -1.20. The molecular formula is C16H15FN2O3. The zero-order valence-corrected chi connectivity index (χ0v) is 12.1. The highest BCUT2D eigenvalue weighted by atomic mass is 19.1. The van der Waals surface area contributed by atoms with Crippen LogP contribution in [0.2, 0.25) is 0 Å². The van der Waals surface area contributed by atoms with Gasteiger partial charge in [0.25, 0.3) is 5.91 Å². The average molecular weight is 302 g/mol. The zero-order valence-electron chi connectivity index (χ0n) is 12.1. The quantitative estimate of drug-likeness (QED) is 0.912. The molecular weight excluding hydrogens is 287 g/mol.